The fourth-order valence-electron chi connectivity index (χ4n) is 1.33. The maximum absolute atomic E-state index is 11.6. The zero-order valence-corrected chi connectivity index (χ0v) is 9.95. The van der Waals surface area contributed by atoms with E-state index in [1.807, 2.05) is 6.92 Å². The number of rotatable bonds is 5. The Hall–Kier alpha value is -1.88. The number of benzene rings is 1. The third kappa shape index (κ3) is 4.24. The largest absolute Gasteiger partial charge is 0.375 e. The first-order valence-electron chi connectivity index (χ1n) is 5.34. The fourth-order valence-corrected chi connectivity index (χ4v) is 1.33. The molecule has 0 unspecified atom stereocenters. The van der Waals surface area contributed by atoms with Crippen LogP contribution in [-0.4, -0.2) is 32.1 Å². The second-order valence-electron chi connectivity index (χ2n) is 3.42. The Balaban J connectivity index is 2.72. The highest BCUT2D eigenvalue weighted by Gasteiger charge is 2.06. The summed E-state index contributed by atoms with van der Waals surface area (Å²) in [6.07, 6.45) is 0. The average molecular weight is 236 g/mol. The van der Waals surface area contributed by atoms with Crippen molar-refractivity contribution in [3.63, 3.8) is 0 Å². The molecule has 0 saturated heterocycles. The zero-order chi connectivity index (χ0) is 12.7. The number of methoxy groups -OCH3 is 1. The van der Waals surface area contributed by atoms with Crippen LogP contribution in [0.5, 0.6) is 0 Å². The molecule has 2 N–H and O–H groups in total. The molecule has 1 rings (SSSR count). The Bertz CT molecular complexity index is 404. The van der Waals surface area contributed by atoms with E-state index in [0.717, 1.165) is 0 Å². The van der Waals surface area contributed by atoms with Crippen molar-refractivity contribution in [3.05, 3.63) is 29.8 Å². The van der Waals surface area contributed by atoms with Gasteiger partial charge < -0.3 is 15.4 Å². The Morgan fingerprint density at radius 2 is 2.12 bits per heavy atom. The summed E-state index contributed by atoms with van der Waals surface area (Å²) in [6.45, 7) is 2.41. The monoisotopic (exact) mass is 236 g/mol. The molecule has 0 aliphatic heterocycles. The molecule has 0 heterocycles. The molecule has 2 amide bonds. The maximum atomic E-state index is 11.6. The van der Waals surface area contributed by atoms with E-state index in [4.69, 9.17) is 4.74 Å². The topological polar surface area (TPSA) is 67.4 Å². The van der Waals surface area contributed by atoms with Crippen LogP contribution >= 0.6 is 0 Å². The van der Waals surface area contributed by atoms with Crippen LogP contribution in [0, 0.1) is 0 Å². The van der Waals surface area contributed by atoms with E-state index in [1.165, 1.54) is 7.11 Å². The van der Waals surface area contributed by atoms with Gasteiger partial charge in [0.15, 0.2) is 0 Å². The fraction of sp³-hybridized carbons (Fsp3) is 0.333. The number of ether oxygens (including phenoxy) is 1. The van der Waals surface area contributed by atoms with Crippen LogP contribution in [0.25, 0.3) is 0 Å². The summed E-state index contributed by atoms with van der Waals surface area (Å²) < 4.78 is 4.70. The van der Waals surface area contributed by atoms with E-state index >= 15 is 0 Å². The molecule has 0 fully saturated rings. The molecule has 0 spiro atoms. The van der Waals surface area contributed by atoms with Crippen molar-refractivity contribution in [1.29, 1.82) is 0 Å². The predicted octanol–water partition coefficient (Wildman–Crippen LogP) is 1.02. The first kappa shape index (κ1) is 13.2. The number of nitrogens with one attached hydrogen (secondary N) is 2. The van der Waals surface area contributed by atoms with Crippen LogP contribution in [0.15, 0.2) is 24.3 Å². The summed E-state index contributed by atoms with van der Waals surface area (Å²) in [5.41, 5.74) is 1.10. The number of carbonyl (C=O) groups excluding carboxylic acids is 2. The highest BCUT2D eigenvalue weighted by atomic mass is 16.5. The Kier molecular flexibility index (Phi) is 5.16. The van der Waals surface area contributed by atoms with Gasteiger partial charge in [0, 0.05) is 24.9 Å². The van der Waals surface area contributed by atoms with Gasteiger partial charge in [-0.25, -0.2) is 0 Å². The molecular formula is C12H16N2O3. The average Bonchev–Trinajstić information content (AvgIpc) is 2.30. The predicted molar refractivity (Wildman–Crippen MR) is 65.0 cm³/mol. The molecule has 0 aliphatic rings. The number of amides is 2. The smallest absolute Gasteiger partial charge is 0.251 e. The van der Waals surface area contributed by atoms with Gasteiger partial charge in [-0.3, -0.25) is 9.59 Å². The number of hydrogen-bond donors (Lipinski definition) is 2. The quantitative estimate of drug-likeness (QED) is 0.802. The lowest BCUT2D eigenvalue weighted by atomic mass is 10.2. The van der Waals surface area contributed by atoms with Crippen LogP contribution in [-0.2, 0) is 9.53 Å². The molecule has 17 heavy (non-hydrogen) atoms. The third-order valence-electron chi connectivity index (χ3n) is 2.02. The Morgan fingerprint density at radius 1 is 1.35 bits per heavy atom. The molecule has 0 radical (unpaired) electrons. The van der Waals surface area contributed by atoms with Gasteiger partial charge in [-0.05, 0) is 25.1 Å². The van der Waals surface area contributed by atoms with Gasteiger partial charge in [0.05, 0.1) is 0 Å². The molecule has 1 aromatic rings. The van der Waals surface area contributed by atoms with Crippen molar-refractivity contribution in [2.75, 3.05) is 25.6 Å². The summed E-state index contributed by atoms with van der Waals surface area (Å²) in [5.74, 6) is -0.407. The number of carbonyl (C=O) groups is 2. The standard InChI is InChI=1S/C12H16N2O3/c1-3-13-12(16)9-5-4-6-10(7-9)14-11(15)8-17-2/h4-7H,3,8H2,1-2H3,(H,13,16)(H,14,15). The lowest BCUT2D eigenvalue weighted by molar-refractivity contribution is -0.119. The first-order chi connectivity index (χ1) is 8.17. The molecular weight excluding hydrogens is 220 g/mol. The van der Waals surface area contributed by atoms with Crippen molar-refractivity contribution < 1.29 is 14.3 Å². The molecule has 0 aromatic heterocycles. The van der Waals surface area contributed by atoms with Crippen molar-refractivity contribution >= 4 is 17.5 Å². The normalized spacial score (nSPS) is 9.76. The van der Waals surface area contributed by atoms with Gasteiger partial charge in [0.1, 0.15) is 6.61 Å². The minimum Gasteiger partial charge on any atom is -0.375 e. The molecule has 5 heteroatoms. The van der Waals surface area contributed by atoms with Gasteiger partial charge >= 0.3 is 0 Å². The van der Waals surface area contributed by atoms with Crippen molar-refractivity contribution in [1.82, 2.24) is 5.32 Å². The first-order valence-corrected chi connectivity index (χ1v) is 5.34. The molecule has 0 aliphatic carbocycles. The lowest BCUT2D eigenvalue weighted by Gasteiger charge is -2.07. The highest BCUT2D eigenvalue weighted by Crippen LogP contribution is 2.10. The number of hydrogen-bond acceptors (Lipinski definition) is 3. The molecule has 1 aromatic carbocycles. The van der Waals surface area contributed by atoms with E-state index < -0.39 is 0 Å². The van der Waals surface area contributed by atoms with Gasteiger partial charge in [-0.1, -0.05) is 6.07 Å². The van der Waals surface area contributed by atoms with Gasteiger partial charge in [0.2, 0.25) is 5.91 Å². The van der Waals surface area contributed by atoms with E-state index in [0.29, 0.717) is 17.8 Å². The summed E-state index contributed by atoms with van der Waals surface area (Å²) in [6, 6.07) is 6.75. The van der Waals surface area contributed by atoms with E-state index in [9.17, 15) is 9.59 Å². The summed E-state index contributed by atoms with van der Waals surface area (Å²) in [4.78, 5) is 22.8. The molecule has 92 valence electrons. The Labute approximate surface area is 100 Å². The van der Waals surface area contributed by atoms with Crippen molar-refractivity contribution in [2.45, 2.75) is 6.92 Å². The van der Waals surface area contributed by atoms with Gasteiger partial charge in [-0.15, -0.1) is 0 Å². The Morgan fingerprint density at radius 3 is 2.76 bits per heavy atom. The van der Waals surface area contributed by atoms with Crippen LogP contribution in [0.1, 0.15) is 17.3 Å². The van der Waals surface area contributed by atoms with Crippen LogP contribution < -0.4 is 10.6 Å². The number of anilines is 1. The summed E-state index contributed by atoms with van der Waals surface area (Å²) in [7, 11) is 1.45. The molecule has 0 saturated carbocycles. The second-order valence-corrected chi connectivity index (χ2v) is 3.42. The minimum absolute atomic E-state index is 0.00855. The van der Waals surface area contributed by atoms with E-state index in [2.05, 4.69) is 10.6 Å². The second kappa shape index (κ2) is 6.65. The van der Waals surface area contributed by atoms with Crippen LogP contribution in [0.3, 0.4) is 0 Å². The molecule has 0 bridgehead atoms. The van der Waals surface area contributed by atoms with E-state index in [1.54, 1.807) is 24.3 Å². The van der Waals surface area contributed by atoms with Crippen molar-refractivity contribution in [3.8, 4) is 0 Å². The minimum atomic E-state index is -0.249. The molecule has 0 atom stereocenters. The SMILES string of the molecule is CCNC(=O)c1cccc(NC(=O)COC)c1. The summed E-state index contributed by atoms with van der Waals surface area (Å²) in [5, 5.41) is 5.33. The zero-order valence-electron chi connectivity index (χ0n) is 9.95. The van der Waals surface area contributed by atoms with Crippen molar-refractivity contribution in [2.24, 2.45) is 0 Å². The van der Waals surface area contributed by atoms with Crippen LogP contribution in [0.4, 0.5) is 5.69 Å². The van der Waals surface area contributed by atoms with Gasteiger partial charge in [-0.2, -0.15) is 0 Å². The third-order valence-corrected chi connectivity index (χ3v) is 2.02. The molecule has 5 nitrogen and oxygen atoms in total. The summed E-state index contributed by atoms with van der Waals surface area (Å²) >= 11 is 0. The lowest BCUT2D eigenvalue weighted by Crippen LogP contribution is -2.23. The van der Waals surface area contributed by atoms with Gasteiger partial charge in [0.25, 0.3) is 5.91 Å². The van der Waals surface area contributed by atoms with Crippen LogP contribution in [0.2, 0.25) is 0 Å². The van der Waals surface area contributed by atoms with E-state index in [-0.39, 0.29) is 18.4 Å². The maximum Gasteiger partial charge on any atom is 0.251 e. The highest BCUT2D eigenvalue weighted by molar-refractivity contribution is 5.97.